The van der Waals surface area contributed by atoms with E-state index in [4.69, 9.17) is 19.7 Å². The maximum Gasteiger partial charge on any atom is 0.511 e. The lowest BCUT2D eigenvalue weighted by molar-refractivity contribution is 0.0687. The monoisotopic (exact) mass is 522 g/mol. The fourth-order valence-electron chi connectivity index (χ4n) is 3.16. The summed E-state index contributed by atoms with van der Waals surface area (Å²) in [6.45, 7) is 0. The van der Waals surface area contributed by atoms with Crippen molar-refractivity contribution in [3.63, 3.8) is 0 Å². The maximum absolute atomic E-state index is 13.3. The molecule has 0 saturated heterocycles. The fraction of sp³-hybridized carbons (Fsp3) is 0. The first-order valence-corrected chi connectivity index (χ1v) is 9.16. The molecule has 0 bridgehead atoms. The molecule has 37 heavy (non-hydrogen) atoms. The Morgan fingerprint density at radius 3 is 1.68 bits per heavy atom. The van der Waals surface area contributed by atoms with Crippen LogP contribution in [0.25, 0.3) is 22.3 Å². The number of fused-ring (bicyclic) bond motifs is 1. The summed E-state index contributed by atoms with van der Waals surface area (Å²) in [7, 11) is 0. The van der Waals surface area contributed by atoms with E-state index >= 15 is 0 Å². The second kappa shape index (κ2) is 9.33. The summed E-state index contributed by atoms with van der Waals surface area (Å²) in [4.78, 5) is 71.0. The quantitative estimate of drug-likeness (QED) is 0.139. The average molecular weight is 522 g/mol. The third-order valence-corrected chi connectivity index (χ3v) is 4.44. The van der Waals surface area contributed by atoms with Gasteiger partial charge in [-0.1, -0.05) is 0 Å². The summed E-state index contributed by atoms with van der Waals surface area (Å²) in [5, 5.41) is 64.5. The van der Waals surface area contributed by atoms with Gasteiger partial charge in [0, 0.05) is 5.56 Å². The molecule has 0 radical (unpaired) electrons. The van der Waals surface area contributed by atoms with Crippen LogP contribution >= 0.6 is 0 Å². The van der Waals surface area contributed by atoms with Gasteiger partial charge >= 0.3 is 30.4 Å². The zero-order valence-corrected chi connectivity index (χ0v) is 17.4. The van der Waals surface area contributed by atoms with Crippen molar-refractivity contribution in [2.75, 3.05) is 0 Å². The van der Waals surface area contributed by atoms with Crippen LogP contribution < -0.4 is 19.6 Å². The maximum atomic E-state index is 13.3. The Labute approximate surface area is 200 Å². The molecule has 0 aliphatic rings. The second-order valence-electron chi connectivity index (χ2n) is 6.62. The fourth-order valence-corrected chi connectivity index (χ4v) is 3.16. The Hall–Kier alpha value is -6.00. The van der Waals surface area contributed by atoms with Crippen LogP contribution in [0.5, 0.6) is 28.7 Å². The summed E-state index contributed by atoms with van der Waals surface area (Å²) < 4.78 is 18.3. The number of phenolic OH excluding ortho intramolecular Hbond substituents is 2. The molecule has 0 unspecified atom stereocenters. The van der Waals surface area contributed by atoms with E-state index in [0.29, 0.717) is 0 Å². The van der Waals surface area contributed by atoms with Gasteiger partial charge in [0.1, 0.15) is 16.5 Å². The molecule has 7 N–H and O–H groups in total. The van der Waals surface area contributed by atoms with Gasteiger partial charge in [0.15, 0.2) is 34.3 Å². The van der Waals surface area contributed by atoms with E-state index < -0.39 is 98.0 Å². The number of benzene rings is 2. The van der Waals surface area contributed by atoms with E-state index in [1.54, 1.807) is 0 Å². The van der Waals surface area contributed by atoms with E-state index in [0.717, 1.165) is 18.2 Å². The molecule has 0 fully saturated rings. The summed E-state index contributed by atoms with van der Waals surface area (Å²) in [6, 6.07) is 2.52. The SMILES string of the molecule is O=C(O)Oc1c(C(=O)O)c(OC(=O)O)c2c(=O)c(OC(=O)O)c(-c3ccc(O)c(O)c3)oc2c1C(=O)O. The summed E-state index contributed by atoms with van der Waals surface area (Å²) >= 11 is 0. The summed E-state index contributed by atoms with van der Waals surface area (Å²) in [5.74, 6) is -11.1. The molecule has 0 amide bonds. The average Bonchev–Trinajstić information content (AvgIpc) is 2.75. The summed E-state index contributed by atoms with van der Waals surface area (Å²) in [5.41, 5.74) is -6.30. The van der Waals surface area contributed by atoms with Crippen LogP contribution in [0.2, 0.25) is 0 Å². The van der Waals surface area contributed by atoms with Crippen LogP contribution in [0.15, 0.2) is 27.4 Å². The van der Waals surface area contributed by atoms with Crippen molar-refractivity contribution in [1.82, 2.24) is 0 Å². The van der Waals surface area contributed by atoms with Crippen molar-refractivity contribution in [2.24, 2.45) is 0 Å². The number of rotatable bonds is 6. The number of carboxylic acid groups (broad SMARTS) is 5. The number of carboxylic acids is 2. The van der Waals surface area contributed by atoms with Gasteiger partial charge < -0.3 is 54.4 Å². The number of ether oxygens (including phenoxy) is 3. The number of aromatic hydroxyl groups is 2. The van der Waals surface area contributed by atoms with E-state index in [1.807, 2.05) is 0 Å². The molecule has 0 saturated carbocycles. The molecule has 2 aromatic carbocycles. The van der Waals surface area contributed by atoms with Crippen LogP contribution in [0, 0.1) is 0 Å². The molecule has 0 aliphatic carbocycles. The van der Waals surface area contributed by atoms with Crippen molar-refractivity contribution < 1.29 is 78.3 Å². The predicted octanol–water partition coefficient (Wildman–Crippen LogP) is 2.44. The molecule has 1 aromatic heterocycles. The zero-order valence-electron chi connectivity index (χ0n) is 17.4. The third-order valence-electron chi connectivity index (χ3n) is 4.44. The van der Waals surface area contributed by atoms with Crippen molar-refractivity contribution in [3.05, 3.63) is 39.5 Å². The van der Waals surface area contributed by atoms with Crippen LogP contribution in [0.3, 0.4) is 0 Å². The standard InChI is InChI=1S/C20H10O17/c21-5-2-1-4(3-6(5)22)11-15(37-20(32)33)10(23)7-12(34-11)8(16(24)25)14(36-19(30)31)9(17(26)27)13(7)35-18(28)29/h1-3,21-22H,(H,24,25)(H,26,27)(H,28,29)(H,30,31)(H,32,33). The molecular weight excluding hydrogens is 512 g/mol. The second-order valence-corrected chi connectivity index (χ2v) is 6.62. The molecule has 3 rings (SSSR count). The molecule has 17 heteroatoms. The molecule has 0 spiro atoms. The van der Waals surface area contributed by atoms with Crippen LogP contribution in [-0.2, 0) is 0 Å². The minimum atomic E-state index is -2.26. The highest BCUT2D eigenvalue weighted by molar-refractivity contribution is 6.13. The van der Waals surface area contributed by atoms with Crippen LogP contribution in [0.4, 0.5) is 14.4 Å². The number of aromatic carboxylic acids is 2. The topological polar surface area (TPSA) is 285 Å². The lowest BCUT2D eigenvalue weighted by Gasteiger charge is -2.17. The molecule has 17 nitrogen and oxygen atoms in total. The lowest BCUT2D eigenvalue weighted by atomic mass is 10.0. The number of hydrogen-bond donors (Lipinski definition) is 7. The molecule has 0 aliphatic heterocycles. The first-order valence-electron chi connectivity index (χ1n) is 9.16. The minimum absolute atomic E-state index is 0.411. The zero-order chi connectivity index (χ0) is 27.8. The Balaban J connectivity index is 2.72. The van der Waals surface area contributed by atoms with E-state index in [1.165, 1.54) is 0 Å². The van der Waals surface area contributed by atoms with E-state index in [9.17, 15) is 49.2 Å². The highest BCUT2D eigenvalue weighted by atomic mass is 16.7. The van der Waals surface area contributed by atoms with Gasteiger partial charge in [-0.15, -0.1) is 0 Å². The smallest absolute Gasteiger partial charge is 0.504 e. The lowest BCUT2D eigenvalue weighted by Crippen LogP contribution is -2.21. The summed E-state index contributed by atoms with van der Waals surface area (Å²) in [6.07, 6.45) is -6.66. The highest BCUT2D eigenvalue weighted by Gasteiger charge is 2.37. The van der Waals surface area contributed by atoms with Gasteiger partial charge in [-0.3, -0.25) is 4.79 Å². The molecule has 3 aromatic rings. The Bertz CT molecular complexity index is 1580. The predicted molar refractivity (Wildman–Crippen MR) is 111 cm³/mol. The van der Waals surface area contributed by atoms with Crippen molar-refractivity contribution in [2.45, 2.75) is 0 Å². The first-order chi connectivity index (χ1) is 17.2. The van der Waals surface area contributed by atoms with Crippen molar-refractivity contribution in [3.8, 4) is 40.1 Å². The Kier molecular flexibility index (Phi) is 6.46. The highest BCUT2D eigenvalue weighted by Crippen LogP contribution is 2.44. The van der Waals surface area contributed by atoms with E-state index in [2.05, 4.69) is 14.2 Å². The van der Waals surface area contributed by atoms with Crippen LogP contribution in [0.1, 0.15) is 20.7 Å². The first kappa shape index (κ1) is 25.6. The number of phenols is 2. The Morgan fingerprint density at radius 1 is 0.676 bits per heavy atom. The molecule has 0 atom stereocenters. The van der Waals surface area contributed by atoms with Gasteiger partial charge in [0.2, 0.25) is 11.2 Å². The van der Waals surface area contributed by atoms with Gasteiger partial charge in [-0.05, 0) is 18.2 Å². The third kappa shape index (κ3) is 4.67. The minimum Gasteiger partial charge on any atom is -0.504 e. The van der Waals surface area contributed by atoms with Gasteiger partial charge in [0.25, 0.3) is 0 Å². The van der Waals surface area contributed by atoms with Gasteiger partial charge in [-0.25, -0.2) is 24.0 Å². The Morgan fingerprint density at radius 2 is 1.19 bits per heavy atom. The van der Waals surface area contributed by atoms with Gasteiger partial charge in [0.05, 0.1) is 0 Å². The molecular formula is C20H10O17. The van der Waals surface area contributed by atoms with Crippen molar-refractivity contribution >= 4 is 41.4 Å². The van der Waals surface area contributed by atoms with Crippen molar-refractivity contribution in [1.29, 1.82) is 0 Å². The van der Waals surface area contributed by atoms with E-state index in [-0.39, 0.29) is 0 Å². The number of carbonyl (C=O) groups is 5. The molecule has 1 heterocycles. The van der Waals surface area contributed by atoms with Crippen LogP contribution in [-0.4, -0.2) is 66.2 Å². The molecule has 192 valence electrons. The number of hydrogen-bond acceptors (Lipinski definition) is 12. The van der Waals surface area contributed by atoms with Gasteiger partial charge in [-0.2, -0.15) is 0 Å². The largest absolute Gasteiger partial charge is 0.511 e. The normalized spacial score (nSPS) is 10.5.